The van der Waals surface area contributed by atoms with Gasteiger partial charge in [-0.15, -0.1) is 0 Å². The first kappa shape index (κ1) is 17.3. The fraction of sp³-hybridized carbons (Fsp3) is 1.00. The van der Waals surface area contributed by atoms with Crippen molar-refractivity contribution in [1.82, 2.24) is 0 Å². The lowest BCUT2D eigenvalue weighted by molar-refractivity contribution is 0.206. The quantitative estimate of drug-likeness (QED) is 0.581. The third-order valence-electron chi connectivity index (χ3n) is 2.75. The van der Waals surface area contributed by atoms with Crippen LogP contribution in [0.4, 0.5) is 0 Å². The van der Waals surface area contributed by atoms with E-state index >= 15 is 0 Å². The molecule has 0 aliphatic rings. The largest absolute Gasteiger partial charge is 0.285 e. The van der Waals surface area contributed by atoms with Crippen molar-refractivity contribution in [1.29, 1.82) is 0 Å². The van der Waals surface area contributed by atoms with Crippen molar-refractivity contribution in [3.8, 4) is 0 Å². The van der Waals surface area contributed by atoms with Crippen molar-refractivity contribution >= 4 is 20.2 Å². The Labute approximate surface area is 111 Å². The summed E-state index contributed by atoms with van der Waals surface area (Å²) < 4.78 is 24.4. The smallest absolute Gasteiger partial charge is 0.266 e. The Morgan fingerprint density at radius 3 is 2.06 bits per heavy atom. The van der Waals surface area contributed by atoms with E-state index in [1.54, 1.807) is 6.92 Å². The SMILES string of the molecule is CCCCCCCCCCC(C)OS(=O)(O)=S. The summed E-state index contributed by atoms with van der Waals surface area (Å²) >= 11 is 4.28. The molecule has 17 heavy (non-hydrogen) atoms. The number of unbranched alkanes of at least 4 members (excludes halogenated alkanes) is 7. The molecule has 0 spiro atoms. The summed E-state index contributed by atoms with van der Waals surface area (Å²) in [4.78, 5) is 0. The first-order chi connectivity index (χ1) is 7.95. The molecule has 0 aromatic carbocycles. The fourth-order valence-corrected chi connectivity index (χ4v) is 2.74. The zero-order valence-corrected chi connectivity index (χ0v) is 12.7. The van der Waals surface area contributed by atoms with Crippen molar-refractivity contribution in [3.05, 3.63) is 0 Å². The predicted molar refractivity (Wildman–Crippen MR) is 75.9 cm³/mol. The van der Waals surface area contributed by atoms with Crippen LogP contribution < -0.4 is 0 Å². The van der Waals surface area contributed by atoms with Crippen LogP contribution in [0.2, 0.25) is 0 Å². The molecule has 2 atom stereocenters. The van der Waals surface area contributed by atoms with E-state index < -0.39 is 9.05 Å². The zero-order valence-electron chi connectivity index (χ0n) is 11.0. The van der Waals surface area contributed by atoms with E-state index in [1.165, 1.54) is 44.9 Å². The molecule has 0 aromatic heterocycles. The molecule has 3 nitrogen and oxygen atoms in total. The minimum atomic E-state index is -3.45. The normalized spacial score (nSPS) is 16.6. The molecule has 1 N–H and O–H groups in total. The second-order valence-electron chi connectivity index (χ2n) is 4.60. The zero-order chi connectivity index (χ0) is 13.1. The van der Waals surface area contributed by atoms with Gasteiger partial charge in [-0.1, -0.05) is 58.3 Å². The van der Waals surface area contributed by atoms with Crippen molar-refractivity contribution in [3.63, 3.8) is 0 Å². The topological polar surface area (TPSA) is 46.5 Å². The molecular formula is C12H26O3S2. The molecule has 5 heteroatoms. The van der Waals surface area contributed by atoms with Crippen molar-refractivity contribution in [2.24, 2.45) is 0 Å². The highest BCUT2D eigenvalue weighted by molar-refractivity contribution is 8.27. The van der Waals surface area contributed by atoms with E-state index in [2.05, 4.69) is 18.1 Å². The standard InChI is InChI=1S/C12H26O3S2/c1-3-4-5-6-7-8-9-10-11-12(2)15-17(13,14)16/h12H,3-11H2,1-2H3,(H,13,14,16). The van der Waals surface area contributed by atoms with Crippen molar-refractivity contribution in [2.75, 3.05) is 0 Å². The predicted octanol–water partition coefficient (Wildman–Crippen LogP) is 4.06. The molecule has 2 unspecified atom stereocenters. The lowest BCUT2D eigenvalue weighted by Crippen LogP contribution is -2.13. The average molecular weight is 282 g/mol. The molecule has 0 radical (unpaired) electrons. The van der Waals surface area contributed by atoms with Crippen LogP contribution in [-0.4, -0.2) is 14.9 Å². The summed E-state index contributed by atoms with van der Waals surface area (Å²) in [5.74, 6) is 0. The van der Waals surface area contributed by atoms with E-state index in [0.29, 0.717) is 0 Å². The number of hydrogen-bond donors (Lipinski definition) is 1. The van der Waals surface area contributed by atoms with Gasteiger partial charge in [0.1, 0.15) is 0 Å². The molecule has 0 saturated heterocycles. The van der Waals surface area contributed by atoms with E-state index in [1.807, 2.05) is 0 Å². The van der Waals surface area contributed by atoms with Crippen molar-refractivity contribution < 1.29 is 12.9 Å². The minimum absolute atomic E-state index is 0.218. The second-order valence-corrected chi connectivity index (χ2v) is 6.91. The van der Waals surface area contributed by atoms with Gasteiger partial charge >= 0.3 is 0 Å². The number of hydrogen-bond acceptors (Lipinski definition) is 3. The molecule has 0 aromatic rings. The molecule has 0 amide bonds. The Kier molecular flexibility index (Phi) is 10.4. The minimum Gasteiger partial charge on any atom is -0.285 e. The highest BCUT2D eigenvalue weighted by Gasteiger charge is 2.08. The van der Waals surface area contributed by atoms with Gasteiger partial charge < -0.3 is 0 Å². The van der Waals surface area contributed by atoms with Crippen LogP contribution >= 0.6 is 0 Å². The second kappa shape index (κ2) is 10.2. The summed E-state index contributed by atoms with van der Waals surface area (Å²) in [6, 6.07) is 0. The maximum atomic E-state index is 10.8. The molecule has 0 aliphatic carbocycles. The third-order valence-corrected chi connectivity index (χ3v) is 3.56. The Morgan fingerprint density at radius 2 is 1.59 bits per heavy atom. The van der Waals surface area contributed by atoms with Gasteiger partial charge in [0.2, 0.25) is 0 Å². The van der Waals surface area contributed by atoms with Gasteiger partial charge in [-0.3, -0.25) is 8.74 Å². The Bertz CT molecular complexity index is 263. The van der Waals surface area contributed by atoms with Gasteiger partial charge in [0.05, 0.1) is 6.10 Å². The maximum Gasteiger partial charge on any atom is 0.266 e. The Balaban J connectivity index is 3.28. The average Bonchev–Trinajstić information content (AvgIpc) is 2.19. The molecule has 0 saturated carbocycles. The lowest BCUT2D eigenvalue weighted by atomic mass is 10.1. The van der Waals surface area contributed by atoms with Gasteiger partial charge in [0, 0.05) is 11.2 Å². The summed E-state index contributed by atoms with van der Waals surface area (Å²) in [7, 11) is -3.45. The van der Waals surface area contributed by atoms with Crippen LogP contribution in [0, 0.1) is 0 Å². The van der Waals surface area contributed by atoms with Crippen LogP contribution in [0.1, 0.15) is 71.6 Å². The van der Waals surface area contributed by atoms with Crippen LogP contribution in [-0.2, 0) is 24.4 Å². The van der Waals surface area contributed by atoms with Crippen LogP contribution in [0.25, 0.3) is 0 Å². The van der Waals surface area contributed by atoms with Gasteiger partial charge in [-0.2, -0.15) is 4.21 Å². The summed E-state index contributed by atoms with van der Waals surface area (Å²) in [6.07, 6.45) is 10.7. The number of rotatable bonds is 11. The lowest BCUT2D eigenvalue weighted by Gasteiger charge is -2.10. The molecule has 104 valence electrons. The Hall–Kier alpha value is 0.290. The highest BCUT2D eigenvalue weighted by Crippen LogP contribution is 2.12. The van der Waals surface area contributed by atoms with Gasteiger partial charge in [-0.25, -0.2) is 0 Å². The molecule has 0 heterocycles. The van der Waals surface area contributed by atoms with Crippen molar-refractivity contribution in [2.45, 2.75) is 77.7 Å². The summed E-state index contributed by atoms with van der Waals surface area (Å²) in [5, 5.41) is 0. The first-order valence-electron chi connectivity index (χ1n) is 6.61. The molecular weight excluding hydrogens is 256 g/mol. The molecule has 0 aliphatic heterocycles. The Morgan fingerprint density at radius 1 is 1.12 bits per heavy atom. The van der Waals surface area contributed by atoms with Crippen LogP contribution in [0.5, 0.6) is 0 Å². The monoisotopic (exact) mass is 282 g/mol. The third kappa shape index (κ3) is 14.2. The fourth-order valence-electron chi connectivity index (χ4n) is 1.82. The first-order valence-corrected chi connectivity index (χ1v) is 8.98. The summed E-state index contributed by atoms with van der Waals surface area (Å²) in [5.41, 5.74) is 0. The van der Waals surface area contributed by atoms with Gasteiger partial charge in [-0.05, 0) is 13.3 Å². The summed E-state index contributed by atoms with van der Waals surface area (Å²) in [6.45, 7) is 4.02. The van der Waals surface area contributed by atoms with E-state index in [0.717, 1.165) is 12.8 Å². The maximum absolute atomic E-state index is 10.8. The highest BCUT2D eigenvalue weighted by atomic mass is 32.9. The molecule has 0 fully saturated rings. The van der Waals surface area contributed by atoms with Gasteiger partial charge in [0.25, 0.3) is 9.05 Å². The van der Waals surface area contributed by atoms with Gasteiger partial charge in [0.15, 0.2) is 0 Å². The molecule has 0 bridgehead atoms. The van der Waals surface area contributed by atoms with E-state index in [4.69, 9.17) is 8.74 Å². The van der Waals surface area contributed by atoms with Crippen LogP contribution in [0.3, 0.4) is 0 Å². The van der Waals surface area contributed by atoms with Crippen LogP contribution in [0.15, 0.2) is 0 Å². The molecule has 0 rings (SSSR count). The van der Waals surface area contributed by atoms with E-state index in [9.17, 15) is 4.21 Å². The van der Waals surface area contributed by atoms with E-state index in [-0.39, 0.29) is 6.10 Å².